The topological polar surface area (TPSA) is 46.5 Å². The standard InChI is InChI=1S/C15H22O3/c1-6-15(5,9-16)14(17)18-13-11(3)7-10(2)8-12(13)4/h7-8,16H,6,9H2,1-5H3. The lowest BCUT2D eigenvalue weighted by Gasteiger charge is -2.24. The van der Waals surface area contributed by atoms with Gasteiger partial charge in [0.15, 0.2) is 0 Å². The second-order valence-electron chi connectivity index (χ2n) is 5.19. The molecule has 0 fully saturated rings. The van der Waals surface area contributed by atoms with Crippen molar-refractivity contribution in [2.45, 2.75) is 41.0 Å². The molecule has 0 aliphatic heterocycles. The van der Waals surface area contributed by atoms with E-state index in [9.17, 15) is 9.90 Å². The van der Waals surface area contributed by atoms with E-state index in [2.05, 4.69) is 0 Å². The molecule has 100 valence electrons. The molecule has 0 amide bonds. The molecule has 0 saturated heterocycles. The summed E-state index contributed by atoms with van der Waals surface area (Å²) in [5.41, 5.74) is 2.20. The fourth-order valence-electron chi connectivity index (χ4n) is 1.86. The molecular formula is C15H22O3. The highest BCUT2D eigenvalue weighted by Gasteiger charge is 2.33. The van der Waals surface area contributed by atoms with Crippen LogP contribution in [0.3, 0.4) is 0 Å². The van der Waals surface area contributed by atoms with Gasteiger partial charge in [0, 0.05) is 0 Å². The van der Waals surface area contributed by atoms with Gasteiger partial charge in [0.25, 0.3) is 0 Å². The first-order valence-corrected chi connectivity index (χ1v) is 6.25. The van der Waals surface area contributed by atoms with Crippen LogP contribution < -0.4 is 4.74 Å². The molecular weight excluding hydrogens is 228 g/mol. The van der Waals surface area contributed by atoms with Gasteiger partial charge in [0.2, 0.25) is 0 Å². The highest BCUT2D eigenvalue weighted by atomic mass is 16.5. The summed E-state index contributed by atoms with van der Waals surface area (Å²) in [5, 5.41) is 9.32. The predicted molar refractivity (Wildman–Crippen MR) is 71.8 cm³/mol. The maximum absolute atomic E-state index is 12.1. The Hall–Kier alpha value is -1.35. The molecule has 0 heterocycles. The maximum Gasteiger partial charge on any atom is 0.319 e. The number of aliphatic hydroxyl groups excluding tert-OH is 1. The predicted octanol–water partition coefficient (Wildman–Crippen LogP) is 2.93. The van der Waals surface area contributed by atoms with Crippen molar-refractivity contribution in [1.82, 2.24) is 0 Å². The fraction of sp³-hybridized carbons (Fsp3) is 0.533. The number of ether oxygens (including phenoxy) is 1. The molecule has 1 rings (SSSR count). The zero-order valence-electron chi connectivity index (χ0n) is 11.8. The molecule has 0 aliphatic rings. The zero-order valence-corrected chi connectivity index (χ0v) is 11.8. The van der Waals surface area contributed by atoms with E-state index >= 15 is 0 Å². The Morgan fingerprint density at radius 2 is 1.78 bits per heavy atom. The third-order valence-electron chi connectivity index (χ3n) is 3.42. The number of rotatable bonds is 4. The van der Waals surface area contributed by atoms with E-state index in [0.717, 1.165) is 16.7 Å². The molecule has 0 radical (unpaired) electrons. The average molecular weight is 250 g/mol. The van der Waals surface area contributed by atoms with Crippen molar-refractivity contribution < 1.29 is 14.6 Å². The number of esters is 1. The lowest BCUT2D eigenvalue weighted by molar-refractivity contribution is -0.147. The average Bonchev–Trinajstić information content (AvgIpc) is 2.32. The number of carbonyl (C=O) groups excluding carboxylic acids is 1. The van der Waals surface area contributed by atoms with E-state index in [1.165, 1.54) is 0 Å². The van der Waals surface area contributed by atoms with Gasteiger partial charge in [-0.05, 0) is 45.2 Å². The minimum absolute atomic E-state index is 0.202. The van der Waals surface area contributed by atoms with Crippen LogP contribution in [0.5, 0.6) is 5.75 Å². The first kappa shape index (κ1) is 14.7. The quantitative estimate of drug-likeness (QED) is 0.660. The van der Waals surface area contributed by atoms with Gasteiger partial charge in [-0.1, -0.05) is 24.6 Å². The number of carbonyl (C=O) groups is 1. The van der Waals surface area contributed by atoms with Crippen molar-refractivity contribution in [2.75, 3.05) is 6.61 Å². The first-order chi connectivity index (χ1) is 8.34. The van der Waals surface area contributed by atoms with Crippen molar-refractivity contribution in [3.05, 3.63) is 28.8 Å². The van der Waals surface area contributed by atoms with E-state index in [4.69, 9.17) is 4.74 Å². The zero-order chi connectivity index (χ0) is 13.9. The molecule has 1 N–H and O–H groups in total. The smallest absolute Gasteiger partial charge is 0.319 e. The van der Waals surface area contributed by atoms with Gasteiger partial charge in [-0.2, -0.15) is 0 Å². The Labute approximate surface area is 109 Å². The van der Waals surface area contributed by atoms with E-state index < -0.39 is 5.41 Å². The Balaban J connectivity index is 3.02. The van der Waals surface area contributed by atoms with Gasteiger partial charge in [0.1, 0.15) is 5.75 Å². The van der Waals surface area contributed by atoms with Gasteiger partial charge in [-0.15, -0.1) is 0 Å². The van der Waals surface area contributed by atoms with E-state index in [-0.39, 0.29) is 12.6 Å². The highest BCUT2D eigenvalue weighted by Crippen LogP contribution is 2.29. The Morgan fingerprint density at radius 1 is 1.28 bits per heavy atom. The third kappa shape index (κ3) is 2.91. The molecule has 3 nitrogen and oxygen atoms in total. The van der Waals surface area contributed by atoms with Crippen molar-refractivity contribution in [1.29, 1.82) is 0 Å². The molecule has 3 heteroatoms. The SMILES string of the molecule is CCC(C)(CO)C(=O)Oc1c(C)cc(C)cc1C. The number of aliphatic hydroxyl groups is 1. The Kier molecular flexibility index (Phi) is 4.52. The number of aryl methyl sites for hydroxylation is 3. The van der Waals surface area contributed by atoms with Crippen LogP contribution in [0.1, 0.15) is 37.0 Å². The van der Waals surface area contributed by atoms with Crippen molar-refractivity contribution in [3.8, 4) is 5.75 Å². The Bertz CT molecular complexity index is 422. The van der Waals surface area contributed by atoms with E-state index in [1.54, 1.807) is 6.92 Å². The summed E-state index contributed by atoms with van der Waals surface area (Å²) < 4.78 is 5.48. The summed E-state index contributed by atoms with van der Waals surface area (Å²) in [7, 11) is 0. The summed E-state index contributed by atoms with van der Waals surface area (Å²) in [6, 6.07) is 3.97. The monoisotopic (exact) mass is 250 g/mol. The third-order valence-corrected chi connectivity index (χ3v) is 3.42. The molecule has 1 atom stereocenters. The number of hydrogen-bond acceptors (Lipinski definition) is 3. The lowest BCUT2D eigenvalue weighted by Crippen LogP contribution is -2.35. The second-order valence-corrected chi connectivity index (χ2v) is 5.19. The van der Waals surface area contributed by atoms with Gasteiger partial charge in [0.05, 0.1) is 12.0 Å². The fourth-order valence-corrected chi connectivity index (χ4v) is 1.86. The van der Waals surface area contributed by atoms with Crippen LogP contribution in [-0.4, -0.2) is 17.7 Å². The molecule has 0 spiro atoms. The number of benzene rings is 1. The van der Waals surface area contributed by atoms with Crippen LogP contribution in [0.15, 0.2) is 12.1 Å². The molecule has 1 aromatic rings. The summed E-state index contributed by atoms with van der Waals surface area (Å²) >= 11 is 0. The minimum atomic E-state index is -0.830. The normalized spacial score (nSPS) is 14.1. The van der Waals surface area contributed by atoms with Gasteiger partial charge >= 0.3 is 5.97 Å². The van der Waals surface area contributed by atoms with Crippen LogP contribution in [0.4, 0.5) is 0 Å². The van der Waals surface area contributed by atoms with Crippen LogP contribution in [-0.2, 0) is 4.79 Å². The van der Waals surface area contributed by atoms with Crippen molar-refractivity contribution in [3.63, 3.8) is 0 Å². The highest BCUT2D eigenvalue weighted by molar-refractivity contribution is 5.79. The molecule has 18 heavy (non-hydrogen) atoms. The molecule has 0 aliphatic carbocycles. The maximum atomic E-state index is 12.1. The molecule has 1 unspecified atom stereocenters. The van der Waals surface area contributed by atoms with Crippen molar-refractivity contribution in [2.24, 2.45) is 5.41 Å². The largest absolute Gasteiger partial charge is 0.425 e. The molecule has 0 bridgehead atoms. The first-order valence-electron chi connectivity index (χ1n) is 6.25. The van der Waals surface area contributed by atoms with Gasteiger partial charge in [-0.3, -0.25) is 4.79 Å². The van der Waals surface area contributed by atoms with Crippen LogP contribution in [0.25, 0.3) is 0 Å². The summed E-state index contributed by atoms with van der Waals surface area (Å²) in [4.78, 5) is 12.1. The van der Waals surface area contributed by atoms with Crippen molar-refractivity contribution >= 4 is 5.97 Å². The second kappa shape index (κ2) is 5.53. The molecule has 0 aromatic heterocycles. The minimum Gasteiger partial charge on any atom is -0.425 e. The molecule has 0 saturated carbocycles. The van der Waals surface area contributed by atoms with Gasteiger partial charge < -0.3 is 9.84 Å². The summed E-state index contributed by atoms with van der Waals surface area (Å²) in [6.45, 7) is 9.23. The van der Waals surface area contributed by atoms with Crippen LogP contribution >= 0.6 is 0 Å². The van der Waals surface area contributed by atoms with E-state index in [0.29, 0.717) is 12.2 Å². The summed E-state index contributed by atoms with van der Waals surface area (Å²) in [6.07, 6.45) is 0.548. The number of hydrogen-bond donors (Lipinski definition) is 1. The molecule has 1 aromatic carbocycles. The van der Waals surface area contributed by atoms with Crippen LogP contribution in [0, 0.1) is 26.2 Å². The lowest BCUT2D eigenvalue weighted by atomic mass is 9.89. The van der Waals surface area contributed by atoms with Crippen LogP contribution in [0.2, 0.25) is 0 Å². The van der Waals surface area contributed by atoms with Gasteiger partial charge in [-0.25, -0.2) is 0 Å². The van der Waals surface area contributed by atoms with E-state index in [1.807, 2.05) is 39.8 Å². The summed E-state index contributed by atoms with van der Waals surface area (Å²) in [5.74, 6) is 0.237. The Morgan fingerprint density at radius 3 is 2.17 bits per heavy atom.